The highest BCUT2D eigenvalue weighted by molar-refractivity contribution is 5.98. The number of aromatic nitrogens is 2. The number of nitrogens with zero attached hydrogens (tertiary/aromatic N) is 2. The van der Waals surface area contributed by atoms with Gasteiger partial charge in [0.2, 0.25) is 0 Å². The van der Waals surface area contributed by atoms with Gasteiger partial charge in [-0.15, -0.1) is 0 Å². The molecule has 1 heterocycles. The van der Waals surface area contributed by atoms with Crippen molar-refractivity contribution in [3.05, 3.63) is 17.5 Å². The van der Waals surface area contributed by atoms with E-state index in [1.165, 1.54) is 13.3 Å². The predicted molar refractivity (Wildman–Crippen MR) is 53.8 cm³/mol. The van der Waals surface area contributed by atoms with E-state index < -0.39 is 0 Å². The first-order chi connectivity index (χ1) is 7.24. The molecule has 1 aliphatic carbocycles. The number of fused-ring (bicyclic) bond motifs is 1. The van der Waals surface area contributed by atoms with Crippen LogP contribution in [0.15, 0.2) is 6.20 Å². The van der Waals surface area contributed by atoms with Gasteiger partial charge < -0.3 is 10.5 Å². The molecule has 1 aliphatic rings. The maximum atomic E-state index is 11.7. The standard InChI is InChI=1S/C10H13N3O2/c1-15-10-12-5-7-8(13-10)2-6(4-11)3-9(7)14/h5-6H,2-4,11H2,1H3. The first kappa shape index (κ1) is 10.0. The van der Waals surface area contributed by atoms with Crippen LogP contribution < -0.4 is 10.5 Å². The zero-order valence-electron chi connectivity index (χ0n) is 8.56. The second kappa shape index (κ2) is 3.94. The minimum Gasteiger partial charge on any atom is -0.467 e. The minimum atomic E-state index is 0.0781. The van der Waals surface area contributed by atoms with E-state index in [9.17, 15) is 4.79 Å². The average Bonchev–Trinajstić information content (AvgIpc) is 2.28. The average molecular weight is 207 g/mol. The molecule has 15 heavy (non-hydrogen) atoms. The maximum Gasteiger partial charge on any atom is 0.316 e. The van der Waals surface area contributed by atoms with Gasteiger partial charge in [-0.2, -0.15) is 4.98 Å². The van der Waals surface area contributed by atoms with Crippen LogP contribution >= 0.6 is 0 Å². The lowest BCUT2D eigenvalue weighted by Gasteiger charge is -2.20. The Kier molecular flexibility index (Phi) is 2.64. The van der Waals surface area contributed by atoms with Gasteiger partial charge in [0, 0.05) is 12.6 Å². The molecular formula is C10H13N3O2. The number of methoxy groups -OCH3 is 1. The van der Waals surface area contributed by atoms with Crippen LogP contribution in [-0.2, 0) is 6.42 Å². The fourth-order valence-electron chi connectivity index (χ4n) is 1.77. The molecule has 0 saturated heterocycles. The summed E-state index contributed by atoms with van der Waals surface area (Å²) in [7, 11) is 1.51. The summed E-state index contributed by atoms with van der Waals surface area (Å²) in [5.41, 5.74) is 6.94. The molecule has 1 atom stereocenters. The number of Topliss-reactive ketones (excluding diaryl/α,β-unsaturated/α-hetero) is 1. The lowest BCUT2D eigenvalue weighted by Crippen LogP contribution is -2.27. The van der Waals surface area contributed by atoms with Crippen LogP contribution in [0.1, 0.15) is 22.5 Å². The Morgan fingerprint density at radius 1 is 1.60 bits per heavy atom. The molecule has 2 N–H and O–H groups in total. The molecule has 5 nitrogen and oxygen atoms in total. The molecule has 0 aliphatic heterocycles. The Hall–Kier alpha value is -1.49. The van der Waals surface area contributed by atoms with Gasteiger partial charge in [-0.1, -0.05) is 0 Å². The minimum absolute atomic E-state index is 0.0781. The van der Waals surface area contributed by atoms with E-state index in [2.05, 4.69) is 9.97 Å². The number of carbonyl (C=O) groups excluding carboxylic acids is 1. The number of carbonyl (C=O) groups is 1. The molecule has 0 spiro atoms. The fraction of sp³-hybridized carbons (Fsp3) is 0.500. The number of hydrogen-bond donors (Lipinski definition) is 1. The van der Waals surface area contributed by atoms with E-state index in [-0.39, 0.29) is 11.7 Å². The molecule has 1 aromatic heterocycles. The normalized spacial score (nSPS) is 19.9. The summed E-state index contributed by atoms with van der Waals surface area (Å²) in [5, 5.41) is 0. The summed E-state index contributed by atoms with van der Waals surface area (Å²) in [5.74, 6) is 0.277. The van der Waals surface area contributed by atoms with Gasteiger partial charge in [0.15, 0.2) is 5.78 Å². The van der Waals surface area contributed by atoms with Gasteiger partial charge in [0.05, 0.1) is 18.4 Å². The summed E-state index contributed by atoms with van der Waals surface area (Å²) in [6, 6.07) is 0.305. The first-order valence-corrected chi connectivity index (χ1v) is 4.87. The summed E-state index contributed by atoms with van der Waals surface area (Å²) < 4.78 is 4.92. The highest BCUT2D eigenvalue weighted by Gasteiger charge is 2.26. The number of ketones is 1. The third kappa shape index (κ3) is 1.83. The molecule has 0 saturated carbocycles. The van der Waals surface area contributed by atoms with Crippen LogP contribution in [0.2, 0.25) is 0 Å². The Balaban J connectivity index is 2.37. The van der Waals surface area contributed by atoms with E-state index in [0.29, 0.717) is 24.5 Å². The SMILES string of the molecule is COc1ncc2c(n1)CC(CN)CC2=O. The number of ether oxygens (including phenoxy) is 1. The van der Waals surface area contributed by atoms with Crippen molar-refractivity contribution < 1.29 is 9.53 Å². The van der Waals surface area contributed by atoms with Gasteiger partial charge in [-0.25, -0.2) is 4.98 Å². The van der Waals surface area contributed by atoms with Crippen molar-refractivity contribution in [2.75, 3.05) is 13.7 Å². The summed E-state index contributed by atoms with van der Waals surface area (Å²) in [6.45, 7) is 0.511. The highest BCUT2D eigenvalue weighted by Crippen LogP contribution is 2.24. The third-order valence-corrected chi connectivity index (χ3v) is 2.62. The second-order valence-corrected chi connectivity index (χ2v) is 3.65. The van der Waals surface area contributed by atoms with E-state index in [1.807, 2.05) is 0 Å². The molecule has 2 rings (SSSR count). The maximum absolute atomic E-state index is 11.7. The Morgan fingerprint density at radius 2 is 2.40 bits per heavy atom. The molecule has 0 amide bonds. The molecule has 0 bridgehead atoms. The van der Waals surface area contributed by atoms with E-state index in [4.69, 9.17) is 10.5 Å². The number of rotatable bonds is 2. The van der Waals surface area contributed by atoms with Crippen molar-refractivity contribution in [1.29, 1.82) is 0 Å². The Labute approximate surface area is 87.7 Å². The van der Waals surface area contributed by atoms with Crippen LogP contribution in [0, 0.1) is 5.92 Å². The van der Waals surface area contributed by atoms with Crippen LogP contribution in [0.3, 0.4) is 0 Å². The van der Waals surface area contributed by atoms with Crippen molar-refractivity contribution >= 4 is 5.78 Å². The Morgan fingerprint density at radius 3 is 3.07 bits per heavy atom. The summed E-state index contributed by atoms with van der Waals surface area (Å²) in [6.07, 6.45) is 2.77. The van der Waals surface area contributed by atoms with Crippen molar-refractivity contribution in [2.24, 2.45) is 11.7 Å². The van der Waals surface area contributed by atoms with Crippen molar-refractivity contribution in [3.8, 4) is 6.01 Å². The highest BCUT2D eigenvalue weighted by atomic mass is 16.5. The quantitative estimate of drug-likeness (QED) is 0.749. The summed E-state index contributed by atoms with van der Waals surface area (Å²) >= 11 is 0. The molecule has 1 unspecified atom stereocenters. The van der Waals surface area contributed by atoms with Crippen LogP contribution in [0.5, 0.6) is 6.01 Å². The molecule has 80 valence electrons. The molecule has 5 heteroatoms. The zero-order chi connectivity index (χ0) is 10.8. The third-order valence-electron chi connectivity index (χ3n) is 2.62. The molecule has 0 aromatic carbocycles. The zero-order valence-corrected chi connectivity index (χ0v) is 8.56. The van der Waals surface area contributed by atoms with Crippen molar-refractivity contribution in [3.63, 3.8) is 0 Å². The molecule has 1 aromatic rings. The number of hydrogen-bond acceptors (Lipinski definition) is 5. The molecular weight excluding hydrogens is 194 g/mol. The monoisotopic (exact) mass is 207 g/mol. The lowest BCUT2D eigenvalue weighted by atomic mass is 9.87. The largest absolute Gasteiger partial charge is 0.467 e. The number of nitrogens with two attached hydrogens (primary N) is 1. The summed E-state index contributed by atoms with van der Waals surface area (Å²) in [4.78, 5) is 19.8. The van der Waals surface area contributed by atoms with Crippen molar-refractivity contribution in [2.45, 2.75) is 12.8 Å². The van der Waals surface area contributed by atoms with Crippen LogP contribution in [0.4, 0.5) is 0 Å². The fourth-order valence-corrected chi connectivity index (χ4v) is 1.77. The van der Waals surface area contributed by atoms with Gasteiger partial charge in [-0.3, -0.25) is 4.79 Å². The molecule has 0 fully saturated rings. The molecule has 0 radical (unpaired) electrons. The smallest absolute Gasteiger partial charge is 0.316 e. The second-order valence-electron chi connectivity index (χ2n) is 3.65. The van der Waals surface area contributed by atoms with Crippen molar-refractivity contribution in [1.82, 2.24) is 9.97 Å². The van der Waals surface area contributed by atoms with E-state index in [0.717, 1.165) is 12.1 Å². The van der Waals surface area contributed by atoms with Gasteiger partial charge in [0.25, 0.3) is 0 Å². The predicted octanol–water partition coefficient (Wildman–Crippen LogP) is 0.189. The van der Waals surface area contributed by atoms with Gasteiger partial charge >= 0.3 is 6.01 Å². The van der Waals surface area contributed by atoms with Crippen LogP contribution in [0.25, 0.3) is 0 Å². The first-order valence-electron chi connectivity index (χ1n) is 4.87. The lowest BCUT2D eigenvalue weighted by molar-refractivity contribution is 0.0948. The van der Waals surface area contributed by atoms with Gasteiger partial charge in [0.1, 0.15) is 0 Å². The van der Waals surface area contributed by atoms with E-state index >= 15 is 0 Å². The van der Waals surface area contributed by atoms with E-state index in [1.54, 1.807) is 0 Å². The topological polar surface area (TPSA) is 78.1 Å². The Bertz CT molecular complexity index is 392. The van der Waals surface area contributed by atoms with Gasteiger partial charge in [-0.05, 0) is 18.9 Å². The van der Waals surface area contributed by atoms with Crippen LogP contribution in [-0.4, -0.2) is 29.4 Å².